The summed E-state index contributed by atoms with van der Waals surface area (Å²) in [4.78, 5) is 37.4. The third kappa shape index (κ3) is 6.98. The van der Waals surface area contributed by atoms with Gasteiger partial charge in [0.1, 0.15) is 5.75 Å². The molecular weight excluding hydrogens is 549 g/mol. The molecule has 0 atom stereocenters. The number of amides is 2. The Morgan fingerprint density at radius 1 is 0.737 bits per heavy atom. The van der Waals surface area contributed by atoms with Crippen LogP contribution in [0.1, 0.15) is 36.6 Å². The highest BCUT2D eigenvalue weighted by Gasteiger charge is 2.15. The van der Waals surface area contributed by atoms with Gasteiger partial charge in [0.15, 0.2) is 0 Å². The molecule has 0 aliphatic heterocycles. The van der Waals surface area contributed by atoms with Crippen LogP contribution in [0.3, 0.4) is 0 Å². The van der Waals surface area contributed by atoms with E-state index in [0.29, 0.717) is 32.4 Å². The van der Waals surface area contributed by atoms with Gasteiger partial charge in [0.25, 0.3) is 11.8 Å². The number of esters is 1. The summed E-state index contributed by atoms with van der Waals surface area (Å²) in [5.74, 6) is -1.30. The maximum atomic E-state index is 12.6. The molecule has 4 rings (SSSR count). The van der Waals surface area contributed by atoms with E-state index in [1.807, 2.05) is 6.07 Å². The van der Waals surface area contributed by atoms with Crippen molar-refractivity contribution in [2.75, 3.05) is 5.32 Å². The third-order valence-electron chi connectivity index (χ3n) is 5.14. The lowest BCUT2D eigenvalue weighted by atomic mass is 10.1. The Labute approximate surface area is 233 Å². The zero-order valence-corrected chi connectivity index (χ0v) is 21.7. The zero-order valence-electron chi connectivity index (χ0n) is 19.5. The highest BCUT2D eigenvalue weighted by Crippen LogP contribution is 2.26. The van der Waals surface area contributed by atoms with Crippen molar-refractivity contribution in [3.63, 3.8) is 0 Å². The van der Waals surface area contributed by atoms with Crippen molar-refractivity contribution < 1.29 is 19.1 Å². The van der Waals surface area contributed by atoms with Crippen LogP contribution in [0, 0.1) is 0 Å². The lowest BCUT2D eigenvalue weighted by Crippen LogP contribution is -2.18. The number of anilines is 1. The van der Waals surface area contributed by atoms with E-state index in [1.165, 1.54) is 36.5 Å². The largest absolute Gasteiger partial charge is 0.422 e. The van der Waals surface area contributed by atoms with Gasteiger partial charge in [-0.3, -0.25) is 9.59 Å². The molecule has 0 saturated heterocycles. The number of ether oxygens (including phenoxy) is 1. The van der Waals surface area contributed by atoms with Crippen molar-refractivity contribution in [2.45, 2.75) is 0 Å². The van der Waals surface area contributed by atoms with Crippen LogP contribution in [0.15, 0.2) is 96.1 Å². The number of benzene rings is 4. The van der Waals surface area contributed by atoms with Gasteiger partial charge in [-0.15, -0.1) is 0 Å². The number of nitrogens with one attached hydrogen (secondary N) is 2. The van der Waals surface area contributed by atoms with Gasteiger partial charge in [0, 0.05) is 32.4 Å². The van der Waals surface area contributed by atoms with Crippen LogP contribution in [0.4, 0.5) is 5.69 Å². The maximum Gasteiger partial charge on any atom is 0.345 e. The summed E-state index contributed by atoms with van der Waals surface area (Å²) in [6.45, 7) is 0. The molecule has 0 heterocycles. The second-order valence-electron chi connectivity index (χ2n) is 7.79. The van der Waals surface area contributed by atoms with E-state index in [0.717, 1.165) is 0 Å². The SMILES string of the molecule is O=C(N/N=C/c1cc(Cl)ccc1OC(=O)c1ccc(Cl)cc1Cl)c1ccc(NC(=O)c2ccccc2)cc1. The molecule has 0 bridgehead atoms. The third-order valence-corrected chi connectivity index (χ3v) is 5.92. The van der Waals surface area contributed by atoms with Crippen LogP contribution < -0.4 is 15.5 Å². The molecule has 0 radical (unpaired) electrons. The van der Waals surface area contributed by atoms with Crippen molar-refractivity contribution in [3.05, 3.63) is 128 Å². The highest BCUT2D eigenvalue weighted by molar-refractivity contribution is 6.36. The number of rotatable bonds is 7. The Morgan fingerprint density at radius 2 is 1.39 bits per heavy atom. The van der Waals surface area contributed by atoms with Gasteiger partial charge >= 0.3 is 5.97 Å². The van der Waals surface area contributed by atoms with Crippen molar-refractivity contribution in [2.24, 2.45) is 5.10 Å². The summed E-state index contributed by atoms with van der Waals surface area (Å²) in [5, 5.41) is 7.61. The summed E-state index contributed by atoms with van der Waals surface area (Å²) in [5.41, 5.74) is 4.24. The smallest absolute Gasteiger partial charge is 0.345 e. The zero-order chi connectivity index (χ0) is 27.1. The number of halogens is 3. The first kappa shape index (κ1) is 26.9. The fourth-order valence-corrected chi connectivity index (χ4v) is 3.91. The second kappa shape index (κ2) is 12.4. The quantitative estimate of drug-likeness (QED) is 0.110. The van der Waals surface area contributed by atoms with Crippen LogP contribution in [0.5, 0.6) is 5.75 Å². The van der Waals surface area contributed by atoms with E-state index in [9.17, 15) is 14.4 Å². The summed E-state index contributed by atoms with van der Waals surface area (Å²) in [6, 6.07) is 24.1. The van der Waals surface area contributed by atoms with Gasteiger partial charge in [-0.05, 0) is 72.8 Å². The Morgan fingerprint density at radius 3 is 2.11 bits per heavy atom. The number of hydrogen-bond acceptors (Lipinski definition) is 5. The Balaban J connectivity index is 1.40. The summed E-state index contributed by atoms with van der Waals surface area (Å²) in [7, 11) is 0. The molecule has 0 aromatic heterocycles. The minimum absolute atomic E-state index is 0.130. The molecule has 4 aromatic rings. The van der Waals surface area contributed by atoms with E-state index < -0.39 is 11.9 Å². The first-order chi connectivity index (χ1) is 18.3. The molecule has 2 amide bonds. The van der Waals surface area contributed by atoms with Gasteiger partial charge in [0.2, 0.25) is 0 Å². The number of hydrazone groups is 1. The van der Waals surface area contributed by atoms with Crippen molar-refractivity contribution in [3.8, 4) is 5.75 Å². The van der Waals surface area contributed by atoms with Crippen LogP contribution in [0.25, 0.3) is 0 Å². The Hall–Kier alpha value is -4.17. The predicted molar refractivity (Wildman–Crippen MR) is 149 cm³/mol. The molecule has 0 aliphatic rings. The van der Waals surface area contributed by atoms with Gasteiger partial charge in [-0.2, -0.15) is 5.10 Å². The number of hydrogen-bond donors (Lipinski definition) is 2. The summed E-state index contributed by atoms with van der Waals surface area (Å²) >= 11 is 18.1. The molecule has 0 aliphatic carbocycles. The van der Waals surface area contributed by atoms with Crippen LogP contribution in [-0.2, 0) is 0 Å². The maximum absolute atomic E-state index is 12.6. The first-order valence-electron chi connectivity index (χ1n) is 11.1. The summed E-state index contributed by atoms with van der Waals surface area (Å²) in [6.07, 6.45) is 1.30. The minimum Gasteiger partial charge on any atom is -0.422 e. The van der Waals surface area contributed by atoms with Crippen molar-refractivity contribution in [1.82, 2.24) is 5.43 Å². The number of carbonyl (C=O) groups is 3. The molecule has 0 spiro atoms. The normalized spacial score (nSPS) is 10.7. The van der Waals surface area contributed by atoms with Crippen molar-refractivity contribution >= 4 is 64.5 Å². The standard InChI is InChI=1S/C28H18Cl3N3O4/c29-20-9-13-25(38-28(37)23-12-8-21(30)15-24(23)31)19(14-20)16-32-34-27(36)18-6-10-22(11-7-18)33-26(35)17-4-2-1-3-5-17/h1-16H,(H,33,35)(H,34,36)/b32-16+. The van der Waals surface area contributed by atoms with E-state index in [-0.39, 0.29) is 22.2 Å². The number of nitrogens with zero attached hydrogens (tertiary/aromatic N) is 1. The fraction of sp³-hybridized carbons (Fsp3) is 0. The van der Waals surface area contributed by atoms with E-state index >= 15 is 0 Å². The topological polar surface area (TPSA) is 96.9 Å². The van der Waals surface area contributed by atoms with Crippen LogP contribution in [0.2, 0.25) is 15.1 Å². The van der Waals surface area contributed by atoms with Gasteiger partial charge in [-0.25, -0.2) is 10.2 Å². The monoisotopic (exact) mass is 565 g/mol. The Bertz CT molecular complexity index is 1520. The molecule has 4 aromatic carbocycles. The van der Waals surface area contributed by atoms with Gasteiger partial charge < -0.3 is 10.1 Å². The minimum atomic E-state index is -0.702. The Kier molecular flexibility index (Phi) is 8.76. The molecule has 190 valence electrons. The first-order valence-corrected chi connectivity index (χ1v) is 12.2. The van der Waals surface area contributed by atoms with E-state index in [4.69, 9.17) is 39.5 Å². The average molecular weight is 567 g/mol. The fourth-order valence-electron chi connectivity index (χ4n) is 3.25. The molecular formula is C28H18Cl3N3O4. The summed E-state index contributed by atoms with van der Waals surface area (Å²) < 4.78 is 5.46. The highest BCUT2D eigenvalue weighted by atomic mass is 35.5. The molecule has 0 saturated carbocycles. The van der Waals surface area contributed by atoms with Gasteiger partial charge in [-0.1, -0.05) is 53.0 Å². The van der Waals surface area contributed by atoms with E-state index in [2.05, 4.69) is 15.8 Å². The van der Waals surface area contributed by atoms with Crippen LogP contribution in [-0.4, -0.2) is 24.0 Å². The van der Waals surface area contributed by atoms with Crippen LogP contribution >= 0.6 is 34.8 Å². The average Bonchev–Trinajstić information content (AvgIpc) is 2.91. The molecule has 0 fully saturated rings. The predicted octanol–water partition coefficient (Wildman–Crippen LogP) is 6.88. The van der Waals surface area contributed by atoms with E-state index in [1.54, 1.807) is 54.6 Å². The van der Waals surface area contributed by atoms with Gasteiger partial charge in [0.05, 0.1) is 16.8 Å². The molecule has 2 N–H and O–H groups in total. The molecule has 10 heteroatoms. The second-order valence-corrected chi connectivity index (χ2v) is 9.07. The van der Waals surface area contributed by atoms with Crippen molar-refractivity contribution in [1.29, 1.82) is 0 Å². The molecule has 7 nitrogen and oxygen atoms in total. The lowest BCUT2D eigenvalue weighted by Gasteiger charge is -2.09. The number of carbonyl (C=O) groups excluding carboxylic acids is 3. The lowest BCUT2D eigenvalue weighted by molar-refractivity contribution is 0.0734. The molecule has 0 unspecified atom stereocenters. The molecule has 38 heavy (non-hydrogen) atoms.